The Morgan fingerprint density at radius 1 is 1.29 bits per heavy atom. The molecule has 0 spiro atoms. The Balaban J connectivity index is 1.86. The van der Waals surface area contributed by atoms with Crippen molar-refractivity contribution in [1.82, 2.24) is 19.5 Å². The molecule has 1 aliphatic heterocycles. The van der Waals surface area contributed by atoms with Crippen LogP contribution in [0.4, 0.5) is 0 Å². The average molecular weight is 410 g/mol. The Bertz CT molecular complexity index is 865. The van der Waals surface area contributed by atoms with Crippen molar-refractivity contribution in [1.29, 1.82) is 0 Å². The Hall–Kier alpha value is -1.47. The fraction of sp³-hybridized carbons (Fsp3) is 0.684. The summed E-state index contributed by atoms with van der Waals surface area (Å²) in [6.45, 7) is 7.49. The lowest BCUT2D eigenvalue weighted by Gasteiger charge is -2.18. The number of ether oxygens (including phenoxy) is 2. The van der Waals surface area contributed by atoms with Crippen LogP contribution >= 0.6 is 6.89 Å². The molecule has 4 atom stereocenters. The highest BCUT2D eigenvalue weighted by atomic mass is 31.2. The lowest BCUT2D eigenvalue weighted by molar-refractivity contribution is -0.0353. The van der Waals surface area contributed by atoms with Gasteiger partial charge in [0.05, 0.1) is 19.0 Å². The molecule has 156 valence electrons. The minimum atomic E-state index is -1.24. The fourth-order valence-electron chi connectivity index (χ4n) is 3.27. The molecule has 8 nitrogen and oxygen atoms in total. The molecule has 1 aliphatic rings. The molecule has 0 saturated carbocycles. The summed E-state index contributed by atoms with van der Waals surface area (Å²) in [7, 11) is 0. The number of aryl methyl sites for hydroxylation is 1. The van der Waals surface area contributed by atoms with Crippen molar-refractivity contribution in [3.05, 3.63) is 12.2 Å². The first kappa shape index (κ1) is 21.2. The van der Waals surface area contributed by atoms with Crippen molar-refractivity contribution in [3.63, 3.8) is 0 Å². The summed E-state index contributed by atoms with van der Waals surface area (Å²) in [4.78, 5) is 13.2. The van der Waals surface area contributed by atoms with Crippen LogP contribution in [-0.4, -0.2) is 80.4 Å². The predicted octanol–water partition coefficient (Wildman–Crippen LogP) is 2.03. The molecule has 2 aromatic rings. The third-order valence-corrected chi connectivity index (χ3v) is 6.34. The SMILES string of the molecule is C=P(C)(C)CC[C@H]1O[C@@H](n2cnc3c(OCCCC)nc(C)nc32)[C@H](O)[C@@H]1O. The fourth-order valence-corrected chi connectivity index (χ4v) is 4.22. The quantitative estimate of drug-likeness (QED) is 0.507. The minimum Gasteiger partial charge on any atom is -0.476 e. The monoisotopic (exact) mass is 410 g/mol. The van der Waals surface area contributed by atoms with E-state index < -0.39 is 31.4 Å². The van der Waals surface area contributed by atoms with Crippen LogP contribution in [0.25, 0.3) is 11.2 Å². The van der Waals surface area contributed by atoms with E-state index in [2.05, 4.69) is 41.5 Å². The number of aliphatic hydroxyl groups is 2. The molecule has 3 rings (SSSR count). The zero-order valence-corrected chi connectivity index (χ0v) is 18.0. The van der Waals surface area contributed by atoms with Crippen LogP contribution in [0.2, 0.25) is 0 Å². The van der Waals surface area contributed by atoms with Crippen LogP contribution in [-0.2, 0) is 4.74 Å². The summed E-state index contributed by atoms with van der Waals surface area (Å²) in [5.41, 5.74) is 1.06. The zero-order valence-electron chi connectivity index (χ0n) is 17.1. The van der Waals surface area contributed by atoms with Gasteiger partial charge in [-0.3, -0.25) is 4.57 Å². The van der Waals surface area contributed by atoms with Gasteiger partial charge in [-0.05, 0) is 39.3 Å². The predicted molar refractivity (Wildman–Crippen MR) is 112 cm³/mol. The molecule has 0 bridgehead atoms. The van der Waals surface area contributed by atoms with Gasteiger partial charge in [0.25, 0.3) is 0 Å². The molecule has 3 heterocycles. The Morgan fingerprint density at radius 2 is 2.04 bits per heavy atom. The number of hydrogen-bond donors (Lipinski definition) is 2. The summed E-state index contributed by atoms with van der Waals surface area (Å²) in [6.07, 6.45) is 6.03. The highest BCUT2D eigenvalue weighted by Gasteiger charge is 2.44. The summed E-state index contributed by atoms with van der Waals surface area (Å²) in [5.74, 6) is 0.983. The van der Waals surface area contributed by atoms with Crippen LogP contribution in [0.1, 0.15) is 38.2 Å². The maximum atomic E-state index is 10.6. The van der Waals surface area contributed by atoms with Crippen LogP contribution < -0.4 is 4.74 Å². The van der Waals surface area contributed by atoms with Gasteiger partial charge in [0.1, 0.15) is 18.0 Å². The number of fused-ring (bicyclic) bond motifs is 1. The Kier molecular flexibility index (Phi) is 6.44. The second kappa shape index (κ2) is 8.49. The molecule has 0 aromatic carbocycles. The molecule has 2 N–H and O–H groups in total. The van der Waals surface area contributed by atoms with Crippen molar-refractivity contribution in [2.75, 3.05) is 26.1 Å². The normalized spacial score (nSPS) is 25.5. The number of hydrogen-bond acceptors (Lipinski definition) is 7. The molecule has 0 amide bonds. The average Bonchev–Trinajstić information content (AvgIpc) is 3.15. The van der Waals surface area contributed by atoms with Gasteiger partial charge in [0, 0.05) is 0 Å². The molecule has 1 fully saturated rings. The topological polar surface area (TPSA) is 103 Å². The van der Waals surface area contributed by atoms with Gasteiger partial charge in [0.15, 0.2) is 17.4 Å². The second-order valence-electron chi connectivity index (χ2n) is 8.10. The number of nitrogens with zero attached hydrogens (tertiary/aromatic N) is 4. The van der Waals surface area contributed by atoms with Crippen LogP contribution in [0.5, 0.6) is 5.88 Å². The summed E-state index contributed by atoms with van der Waals surface area (Å²) in [6, 6.07) is 0. The molecule has 0 aliphatic carbocycles. The van der Waals surface area contributed by atoms with E-state index >= 15 is 0 Å². The molecular weight excluding hydrogens is 379 g/mol. The third-order valence-electron chi connectivity index (χ3n) is 4.87. The van der Waals surface area contributed by atoms with E-state index in [0.717, 1.165) is 19.0 Å². The van der Waals surface area contributed by atoms with Crippen LogP contribution in [0.15, 0.2) is 6.33 Å². The standard InChI is InChI=1S/C19H31N4O4P/c1-6-7-9-26-18-14-17(21-12(2)22-18)23(11-20-14)19-16(25)15(24)13(27-19)8-10-28(3,4)5/h11,13,15-16,19,24-25H,3,6-10H2,1-2,4-5H3/t13-,15-,16-,19-/m1/s1. The maximum absolute atomic E-state index is 10.6. The third kappa shape index (κ3) is 4.57. The van der Waals surface area contributed by atoms with Gasteiger partial charge in [-0.15, -0.1) is 13.2 Å². The van der Waals surface area contributed by atoms with Crippen molar-refractivity contribution >= 4 is 24.3 Å². The highest BCUT2D eigenvalue weighted by Crippen LogP contribution is 2.40. The van der Waals surface area contributed by atoms with Crippen molar-refractivity contribution in [2.45, 2.75) is 57.6 Å². The molecule has 1 saturated heterocycles. The molecule has 28 heavy (non-hydrogen) atoms. The Morgan fingerprint density at radius 3 is 2.71 bits per heavy atom. The summed E-state index contributed by atoms with van der Waals surface area (Å²) >= 11 is 0. The van der Waals surface area contributed by atoms with E-state index in [-0.39, 0.29) is 0 Å². The Labute approximate surface area is 165 Å². The molecule has 0 radical (unpaired) electrons. The molecule has 2 aromatic heterocycles. The number of aromatic nitrogens is 4. The molecule has 0 unspecified atom stereocenters. The van der Waals surface area contributed by atoms with Gasteiger partial charge >= 0.3 is 0 Å². The second-order valence-corrected chi connectivity index (χ2v) is 12.4. The summed E-state index contributed by atoms with van der Waals surface area (Å²) < 4.78 is 13.5. The first-order chi connectivity index (χ1) is 13.2. The smallest absolute Gasteiger partial charge is 0.245 e. The summed E-state index contributed by atoms with van der Waals surface area (Å²) in [5, 5.41) is 21.1. The van der Waals surface area contributed by atoms with E-state index in [1.54, 1.807) is 17.8 Å². The lowest BCUT2D eigenvalue weighted by Crippen LogP contribution is -2.31. The van der Waals surface area contributed by atoms with E-state index in [1.165, 1.54) is 0 Å². The minimum absolute atomic E-state index is 0.433. The van der Waals surface area contributed by atoms with E-state index in [9.17, 15) is 10.2 Å². The lowest BCUT2D eigenvalue weighted by atomic mass is 10.1. The zero-order chi connectivity index (χ0) is 20.5. The largest absolute Gasteiger partial charge is 0.476 e. The van der Waals surface area contributed by atoms with E-state index in [4.69, 9.17) is 9.47 Å². The highest BCUT2D eigenvalue weighted by molar-refractivity contribution is 7.72. The molecular formula is C19H31N4O4P. The number of rotatable bonds is 8. The van der Waals surface area contributed by atoms with E-state index in [1.807, 2.05) is 0 Å². The maximum Gasteiger partial charge on any atom is 0.245 e. The van der Waals surface area contributed by atoms with Gasteiger partial charge in [-0.25, -0.2) is 9.97 Å². The van der Waals surface area contributed by atoms with Crippen LogP contribution in [0.3, 0.4) is 0 Å². The van der Waals surface area contributed by atoms with Crippen molar-refractivity contribution < 1.29 is 19.7 Å². The van der Waals surface area contributed by atoms with Gasteiger partial charge in [0.2, 0.25) is 5.88 Å². The first-order valence-corrected chi connectivity index (χ1v) is 12.8. The van der Waals surface area contributed by atoms with Crippen LogP contribution in [0, 0.1) is 6.92 Å². The number of aliphatic hydroxyl groups excluding tert-OH is 2. The van der Waals surface area contributed by atoms with Gasteiger partial charge in [-0.1, -0.05) is 13.3 Å². The van der Waals surface area contributed by atoms with Gasteiger partial charge < -0.3 is 19.7 Å². The van der Waals surface area contributed by atoms with Gasteiger partial charge in [-0.2, -0.15) is 4.98 Å². The number of imidazole rings is 1. The molecule has 9 heteroatoms. The number of unbranched alkanes of at least 4 members (excludes halogenated alkanes) is 1. The van der Waals surface area contributed by atoms with Crippen molar-refractivity contribution in [3.8, 4) is 5.88 Å². The first-order valence-electron chi connectivity index (χ1n) is 9.74. The van der Waals surface area contributed by atoms with E-state index in [0.29, 0.717) is 35.9 Å². The van der Waals surface area contributed by atoms with Crippen molar-refractivity contribution in [2.24, 2.45) is 0 Å².